The maximum Gasteiger partial charge on any atom is 0.0834 e. The van der Waals surface area contributed by atoms with Gasteiger partial charge in [0.15, 0.2) is 0 Å². The molecule has 0 bridgehead atoms. The van der Waals surface area contributed by atoms with Crippen LogP contribution in [0.15, 0.2) is 6.20 Å². The molecule has 2 unspecified atom stereocenters. The zero-order valence-electron chi connectivity index (χ0n) is 12.6. The van der Waals surface area contributed by atoms with Crippen molar-refractivity contribution in [1.82, 2.24) is 15.1 Å². The van der Waals surface area contributed by atoms with E-state index in [-0.39, 0.29) is 6.04 Å². The number of halogens is 1. The predicted octanol–water partition coefficient (Wildman–Crippen LogP) is 3.56. The van der Waals surface area contributed by atoms with Gasteiger partial charge < -0.3 is 10.1 Å². The number of nitrogens with one attached hydrogen (secondary N) is 1. The van der Waals surface area contributed by atoms with Gasteiger partial charge in [0.05, 0.1) is 29.1 Å². The van der Waals surface area contributed by atoms with Crippen molar-refractivity contribution in [2.75, 3.05) is 13.2 Å². The van der Waals surface area contributed by atoms with Crippen LogP contribution < -0.4 is 5.32 Å². The Balaban J connectivity index is 2.00. The highest BCUT2D eigenvalue weighted by Crippen LogP contribution is 2.28. The molecule has 1 N–H and O–H groups in total. The van der Waals surface area contributed by atoms with Crippen molar-refractivity contribution in [3.8, 4) is 0 Å². The quantitative estimate of drug-likeness (QED) is 0.837. The summed E-state index contributed by atoms with van der Waals surface area (Å²) in [4.78, 5) is 0. The molecule has 2 heterocycles. The molecule has 20 heavy (non-hydrogen) atoms. The van der Waals surface area contributed by atoms with Crippen LogP contribution in [-0.2, 0) is 11.3 Å². The molecule has 1 saturated heterocycles. The minimum Gasteiger partial charge on any atom is -0.378 e. The lowest BCUT2D eigenvalue weighted by Crippen LogP contribution is -2.27. The van der Waals surface area contributed by atoms with E-state index in [9.17, 15) is 0 Å². The number of hydrogen-bond donors (Lipinski definition) is 1. The maximum absolute atomic E-state index is 6.32. The highest BCUT2D eigenvalue weighted by Gasteiger charge is 2.22. The summed E-state index contributed by atoms with van der Waals surface area (Å²) in [5.74, 6) is 0. The Hall–Kier alpha value is -0.580. The summed E-state index contributed by atoms with van der Waals surface area (Å²) in [5.41, 5.74) is 1.12. The van der Waals surface area contributed by atoms with Crippen LogP contribution in [0.4, 0.5) is 0 Å². The third kappa shape index (κ3) is 3.96. The first-order valence-electron chi connectivity index (χ1n) is 7.82. The Morgan fingerprint density at radius 1 is 1.50 bits per heavy atom. The molecule has 0 spiro atoms. The van der Waals surface area contributed by atoms with Crippen molar-refractivity contribution < 1.29 is 4.74 Å². The highest BCUT2D eigenvalue weighted by molar-refractivity contribution is 6.31. The first-order chi connectivity index (χ1) is 9.76. The number of aromatic nitrogens is 2. The molecule has 2 rings (SSSR count). The normalized spacial score (nSPS) is 21.1. The summed E-state index contributed by atoms with van der Waals surface area (Å²) in [6.45, 7) is 6.93. The lowest BCUT2D eigenvalue weighted by Gasteiger charge is -2.25. The van der Waals surface area contributed by atoms with Crippen LogP contribution in [0, 0.1) is 0 Å². The van der Waals surface area contributed by atoms with E-state index >= 15 is 0 Å². The summed E-state index contributed by atoms with van der Waals surface area (Å²) in [5, 5.41) is 8.65. The lowest BCUT2D eigenvalue weighted by atomic mass is 10.00. The van der Waals surface area contributed by atoms with Gasteiger partial charge in [-0.1, -0.05) is 18.5 Å². The molecule has 2 atom stereocenters. The molecule has 5 heteroatoms. The van der Waals surface area contributed by atoms with E-state index in [1.807, 2.05) is 4.68 Å². The zero-order valence-corrected chi connectivity index (χ0v) is 13.3. The van der Waals surface area contributed by atoms with Crippen molar-refractivity contribution in [2.24, 2.45) is 0 Å². The fourth-order valence-electron chi connectivity index (χ4n) is 2.94. The van der Waals surface area contributed by atoms with Crippen molar-refractivity contribution in [3.05, 3.63) is 16.9 Å². The van der Waals surface area contributed by atoms with Gasteiger partial charge in [-0.15, -0.1) is 0 Å². The monoisotopic (exact) mass is 299 g/mol. The molecule has 114 valence electrons. The standard InChI is InChI=1S/C15H26ClN3O/c1-3-17-14(9-8-12-7-5-6-10-20-12)15-13(16)11-18-19(15)4-2/h11-12,14,17H,3-10H2,1-2H3. The summed E-state index contributed by atoms with van der Waals surface area (Å²) < 4.78 is 7.82. The molecule has 0 aromatic carbocycles. The average Bonchev–Trinajstić information content (AvgIpc) is 2.85. The topological polar surface area (TPSA) is 39.1 Å². The molecule has 1 fully saturated rings. The van der Waals surface area contributed by atoms with Crippen molar-refractivity contribution >= 4 is 11.6 Å². The Morgan fingerprint density at radius 3 is 3.00 bits per heavy atom. The summed E-state index contributed by atoms with van der Waals surface area (Å²) in [7, 11) is 0. The molecule has 4 nitrogen and oxygen atoms in total. The second kappa shape index (κ2) is 8.01. The smallest absolute Gasteiger partial charge is 0.0834 e. The summed E-state index contributed by atoms with van der Waals surface area (Å²) >= 11 is 6.32. The van der Waals surface area contributed by atoms with Crippen LogP contribution in [0.2, 0.25) is 5.02 Å². The molecule has 1 aromatic heterocycles. The van der Waals surface area contributed by atoms with E-state index in [1.165, 1.54) is 19.3 Å². The fraction of sp³-hybridized carbons (Fsp3) is 0.800. The van der Waals surface area contributed by atoms with E-state index in [0.29, 0.717) is 6.10 Å². The van der Waals surface area contributed by atoms with Gasteiger partial charge in [0.1, 0.15) is 0 Å². The summed E-state index contributed by atoms with van der Waals surface area (Å²) in [6.07, 6.45) is 8.00. The van der Waals surface area contributed by atoms with Crippen molar-refractivity contribution in [1.29, 1.82) is 0 Å². The third-order valence-corrected chi connectivity index (χ3v) is 4.26. The van der Waals surface area contributed by atoms with Gasteiger partial charge >= 0.3 is 0 Å². The molecule has 1 aliphatic rings. The fourth-order valence-corrected chi connectivity index (χ4v) is 3.21. The van der Waals surface area contributed by atoms with Gasteiger partial charge in [0.2, 0.25) is 0 Å². The van der Waals surface area contributed by atoms with Gasteiger partial charge in [-0.3, -0.25) is 4.68 Å². The van der Waals surface area contributed by atoms with Crippen LogP contribution >= 0.6 is 11.6 Å². The minimum absolute atomic E-state index is 0.264. The molecule has 0 aliphatic carbocycles. The number of aryl methyl sites for hydroxylation is 1. The van der Waals surface area contributed by atoms with Gasteiger partial charge in [0, 0.05) is 13.2 Å². The minimum atomic E-state index is 0.264. The highest BCUT2D eigenvalue weighted by atomic mass is 35.5. The number of ether oxygens (including phenoxy) is 1. The average molecular weight is 300 g/mol. The van der Waals surface area contributed by atoms with Crippen LogP contribution in [0.3, 0.4) is 0 Å². The largest absolute Gasteiger partial charge is 0.378 e. The number of hydrogen-bond acceptors (Lipinski definition) is 3. The molecule has 0 amide bonds. The molecule has 0 saturated carbocycles. The van der Waals surface area contributed by atoms with E-state index < -0.39 is 0 Å². The molecular formula is C15H26ClN3O. The van der Waals surface area contributed by atoms with Crippen LogP contribution in [0.25, 0.3) is 0 Å². The van der Waals surface area contributed by atoms with Crippen molar-refractivity contribution in [2.45, 2.75) is 64.6 Å². The Labute approximate surface area is 126 Å². The predicted molar refractivity (Wildman–Crippen MR) is 82.2 cm³/mol. The van der Waals surface area contributed by atoms with Crippen LogP contribution in [-0.4, -0.2) is 29.0 Å². The molecule has 1 aliphatic heterocycles. The SMILES string of the molecule is CCNC(CCC1CCCCO1)c1c(Cl)cnn1CC. The molecule has 1 aromatic rings. The first kappa shape index (κ1) is 15.8. The molecular weight excluding hydrogens is 274 g/mol. The zero-order chi connectivity index (χ0) is 14.4. The molecule has 0 radical (unpaired) electrons. The second-order valence-electron chi connectivity index (χ2n) is 5.37. The van der Waals surface area contributed by atoms with E-state index in [0.717, 1.165) is 43.3 Å². The lowest BCUT2D eigenvalue weighted by molar-refractivity contribution is 0.00843. The van der Waals surface area contributed by atoms with Gasteiger partial charge in [-0.2, -0.15) is 5.10 Å². The van der Waals surface area contributed by atoms with Gasteiger partial charge in [-0.25, -0.2) is 0 Å². The van der Waals surface area contributed by atoms with Gasteiger partial charge in [0.25, 0.3) is 0 Å². The number of nitrogens with zero attached hydrogens (tertiary/aromatic N) is 2. The van der Waals surface area contributed by atoms with Crippen molar-refractivity contribution in [3.63, 3.8) is 0 Å². The van der Waals surface area contributed by atoms with Crippen LogP contribution in [0.5, 0.6) is 0 Å². The second-order valence-corrected chi connectivity index (χ2v) is 5.78. The Kier molecular flexibility index (Phi) is 6.33. The Morgan fingerprint density at radius 2 is 2.35 bits per heavy atom. The Bertz CT molecular complexity index is 402. The van der Waals surface area contributed by atoms with Gasteiger partial charge in [-0.05, 0) is 45.6 Å². The van der Waals surface area contributed by atoms with Crippen LogP contribution in [0.1, 0.15) is 57.7 Å². The summed E-state index contributed by atoms with van der Waals surface area (Å²) in [6, 6.07) is 0.264. The van der Waals surface area contributed by atoms with E-state index in [4.69, 9.17) is 16.3 Å². The third-order valence-electron chi connectivity index (χ3n) is 3.96. The number of rotatable bonds is 7. The van der Waals surface area contributed by atoms with E-state index in [1.54, 1.807) is 6.20 Å². The van der Waals surface area contributed by atoms with E-state index in [2.05, 4.69) is 24.3 Å². The first-order valence-corrected chi connectivity index (χ1v) is 8.20. The maximum atomic E-state index is 6.32.